The molecular weight excluding hydrogens is 224 g/mol. The molecule has 0 unspecified atom stereocenters. The average Bonchev–Trinajstić information content (AvgIpc) is 2.62. The molecular formula is C15H22N2O. The summed E-state index contributed by atoms with van der Waals surface area (Å²) in [5.74, 6) is 0.139. The molecule has 1 amide bonds. The Kier molecular flexibility index (Phi) is 4.24. The van der Waals surface area contributed by atoms with Crippen LogP contribution in [0.4, 0.5) is 5.69 Å². The summed E-state index contributed by atoms with van der Waals surface area (Å²) < 4.78 is 0. The van der Waals surface area contributed by atoms with E-state index in [1.807, 2.05) is 0 Å². The van der Waals surface area contributed by atoms with Gasteiger partial charge in [-0.2, -0.15) is 0 Å². The van der Waals surface area contributed by atoms with Crippen molar-refractivity contribution in [3.05, 3.63) is 29.3 Å². The molecule has 1 heterocycles. The van der Waals surface area contributed by atoms with Gasteiger partial charge in [0, 0.05) is 18.8 Å². The normalized spacial score (nSPS) is 16.3. The topological polar surface area (TPSA) is 32.3 Å². The van der Waals surface area contributed by atoms with Crippen LogP contribution in [-0.2, 0) is 17.6 Å². The fraction of sp³-hybridized carbons (Fsp3) is 0.533. The molecule has 98 valence electrons. The number of nitrogens with zero attached hydrogens (tertiary/aromatic N) is 1. The average molecular weight is 246 g/mol. The largest absolute Gasteiger partial charge is 0.362 e. The van der Waals surface area contributed by atoms with Crippen molar-refractivity contribution < 1.29 is 4.79 Å². The predicted molar refractivity (Wildman–Crippen MR) is 75.0 cm³/mol. The van der Waals surface area contributed by atoms with Gasteiger partial charge >= 0.3 is 0 Å². The number of hydrogen-bond acceptors (Lipinski definition) is 2. The number of carbonyl (C=O) groups is 1. The molecule has 0 radical (unpaired) electrons. The number of aryl methyl sites for hydroxylation is 2. The summed E-state index contributed by atoms with van der Waals surface area (Å²) in [4.78, 5) is 14.0. The van der Waals surface area contributed by atoms with Crippen molar-refractivity contribution >= 4 is 11.6 Å². The quantitative estimate of drug-likeness (QED) is 0.886. The summed E-state index contributed by atoms with van der Waals surface area (Å²) in [6.45, 7) is 6.60. The molecule has 1 N–H and O–H groups in total. The van der Waals surface area contributed by atoms with Gasteiger partial charge in [-0.3, -0.25) is 4.79 Å². The van der Waals surface area contributed by atoms with Crippen LogP contribution in [0.25, 0.3) is 0 Å². The molecule has 0 aliphatic carbocycles. The summed E-state index contributed by atoms with van der Waals surface area (Å²) >= 11 is 0. The maximum absolute atomic E-state index is 11.7. The Bertz CT molecular complexity index is 406. The first kappa shape index (κ1) is 12.9. The Morgan fingerprint density at radius 2 is 1.89 bits per heavy atom. The first-order chi connectivity index (χ1) is 8.76. The van der Waals surface area contributed by atoms with Crippen molar-refractivity contribution in [3.8, 4) is 0 Å². The van der Waals surface area contributed by atoms with E-state index in [1.54, 1.807) is 0 Å². The number of hydrogen-bond donors (Lipinski definition) is 1. The zero-order valence-electron chi connectivity index (χ0n) is 11.3. The fourth-order valence-electron chi connectivity index (χ4n) is 2.62. The number of rotatable bonds is 3. The fourth-order valence-corrected chi connectivity index (χ4v) is 2.62. The molecule has 1 aromatic carbocycles. The highest BCUT2D eigenvalue weighted by molar-refractivity contribution is 5.82. The third kappa shape index (κ3) is 2.66. The zero-order valence-corrected chi connectivity index (χ0v) is 11.3. The Balaban J connectivity index is 2.37. The van der Waals surface area contributed by atoms with E-state index in [9.17, 15) is 4.79 Å². The summed E-state index contributed by atoms with van der Waals surface area (Å²) in [7, 11) is 0. The second-order valence-electron chi connectivity index (χ2n) is 4.76. The molecule has 0 atom stereocenters. The molecule has 1 saturated heterocycles. The summed E-state index contributed by atoms with van der Waals surface area (Å²) in [5.41, 5.74) is 3.99. The van der Waals surface area contributed by atoms with Gasteiger partial charge in [-0.05, 0) is 30.4 Å². The minimum absolute atomic E-state index is 0.139. The lowest BCUT2D eigenvalue weighted by molar-refractivity contribution is -0.119. The zero-order chi connectivity index (χ0) is 13.0. The molecule has 3 nitrogen and oxygen atoms in total. The maximum atomic E-state index is 11.7. The van der Waals surface area contributed by atoms with Crippen molar-refractivity contribution in [1.29, 1.82) is 0 Å². The minimum atomic E-state index is 0.139. The van der Waals surface area contributed by atoms with E-state index in [4.69, 9.17) is 0 Å². The van der Waals surface area contributed by atoms with Crippen LogP contribution < -0.4 is 10.2 Å². The molecule has 0 saturated carbocycles. The van der Waals surface area contributed by atoms with Crippen LogP contribution >= 0.6 is 0 Å². The number of anilines is 1. The van der Waals surface area contributed by atoms with E-state index in [0.29, 0.717) is 6.54 Å². The lowest BCUT2D eigenvalue weighted by atomic mass is 10.0. The van der Waals surface area contributed by atoms with Crippen LogP contribution in [0, 0.1) is 0 Å². The molecule has 0 aromatic heterocycles. The van der Waals surface area contributed by atoms with Crippen LogP contribution in [0.2, 0.25) is 0 Å². The lowest BCUT2D eigenvalue weighted by Gasteiger charge is -2.26. The SMILES string of the molecule is CCc1cccc(CC)c1N1CCCNC(=O)C1. The summed E-state index contributed by atoms with van der Waals surface area (Å²) in [5, 5.41) is 2.94. The first-order valence-electron chi connectivity index (χ1n) is 6.88. The van der Waals surface area contributed by atoms with Gasteiger partial charge in [0.1, 0.15) is 0 Å². The predicted octanol–water partition coefficient (Wildman–Crippen LogP) is 2.14. The van der Waals surface area contributed by atoms with Gasteiger partial charge < -0.3 is 10.2 Å². The van der Waals surface area contributed by atoms with Crippen molar-refractivity contribution in [3.63, 3.8) is 0 Å². The van der Waals surface area contributed by atoms with Crippen molar-refractivity contribution in [2.24, 2.45) is 0 Å². The highest BCUT2D eigenvalue weighted by atomic mass is 16.2. The Morgan fingerprint density at radius 3 is 2.50 bits per heavy atom. The van der Waals surface area contributed by atoms with Crippen molar-refractivity contribution in [1.82, 2.24) is 5.32 Å². The summed E-state index contributed by atoms with van der Waals surface area (Å²) in [6, 6.07) is 6.48. The highest BCUT2D eigenvalue weighted by Crippen LogP contribution is 2.27. The standard InChI is InChI=1S/C15H22N2O/c1-3-12-7-5-8-13(4-2)15(12)17-10-6-9-16-14(18)11-17/h5,7-8H,3-4,6,9-11H2,1-2H3,(H,16,18). The maximum Gasteiger partial charge on any atom is 0.239 e. The van der Waals surface area contributed by atoms with Gasteiger partial charge in [0.05, 0.1) is 6.54 Å². The molecule has 2 rings (SSSR count). The molecule has 1 aliphatic rings. The van der Waals surface area contributed by atoms with Gasteiger partial charge in [-0.1, -0.05) is 32.0 Å². The monoisotopic (exact) mass is 246 g/mol. The molecule has 18 heavy (non-hydrogen) atoms. The van der Waals surface area contributed by atoms with Crippen LogP contribution in [0.15, 0.2) is 18.2 Å². The van der Waals surface area contributed by atoms with E-state index in [-0.39, 0.29) is 5.91 Å². The molecule has 1 fully saturated rings. The Hall–Kier alpha value is -1.51. The van der Waals surface area contributed by atoms with Gasteiger partial charge in [0.2, 0.25) is 5.91 Å². The van der Waals surface area contributed by atoms with Crippen LogP contribution in [0.3, 0.4) is 0 Å². The molecule has 0 spiro atoms. The van der Waals surface area contributed by atoms with Crippen LogP contribution in [0.5, 0.6) is 0 Å². The number of benzene rings is 1. The molecule has 1 aliphatic heterocycles. The first-order valence-corrected chi connectivity index (χ1v) is 6.88. The molecule has 3 heteroatoms. The molecule has 1 aromatic rings. The van der Waals surface area contributed by atoms with Gasteiger partial charge in [0.25, 0.3) is 0 Å². The van der Waals surface area contributed by atoms with Crippen molar-refractivity contribution in [2.45, 2.75) is 33.1 Å². The van der Waals surface area contributed by atoms with Gasteiger partial charge in [-0.25, -0.2) is 0 Å². The van der Waals surface area contributed by atoms with Crippen molar-refractivity contribution in [2.75, 3.05) is 24.5 Å². The summed E-state index contributed by atoms with van der Waals surface area (Å²) in [6.07, 6.45) is 3.05. The smallest absolute Gasteiger partial charge is 0.239 e. The van der Waals surface area contributed by atoms with E-state index >= 15 is 0 Å². The number of nitrogens with one attached hydrogen (secondary N) is 1. The minimum Gasteiger partial charge on any atom is -0.362 e. The van der Waals surface area contributed by atoms with Gasteiger partial charge in [0.15, 0.2) is 0 Å². The second-order valence-corrected chi connectivity index (χ2v) is 4.76. The van der Waals surface area contributed by atoms with E-state index < -0.39 is 0 Å². The highest BCUT2D eigenvalue weighted by Gasteiger charge is 2.19. The van der Waals surface area contributed by atoms with Crippen LogP contribution in [-0.4, -0.2) is 25.5 Å². The Morgan fingerprint density at radius 1 is 1.22 bits per heavy atom. The number of carbonyl (C=O) groups excluding carboxylic acids is 1. The van der Waals surface area contributed by atoms with E-state index in [0.717, 1.165) is 32.4 Å². The lowest BCUT2D eigenvalue weighted by Crippen LogP contribution is -2.34. The third-order valence-corrected chi connectivity index (χ3v) is 3.54. The van der Waals surface area contributed by atoms with Crippen LogP contribution in [0.1, 0.15) is 31.4 Å². The third-order valence-electron chi connectivity index (χ3n) is 3.54. The Labute approximate surface area is 109 Å². The molecule has 0 bridgehead atoms. The van der Waals surface area contributed by atoms with E-state index in [1.165, 1.54) is 16.8 Å². The van der Waals surface area contributed by atoms with E-state index in [2.05, 4.69) is 42.3 Å². The number of amides is 1. The second kappa shape index (κ2) is 5.89. The number of para-hydroxylation sites is 1. The van der Waals surface area contributed by atoms with Gasteiger partial charge in [-0.15, -0.1) is 0 Å².